The number of rotatable bonds is 4. The normalized spacial score (nSPS) is 10.8. The molecule has 0 radical (unpaired) electrons. The van der Waals surface area contributed by atoms with Gasteiger partial charge >= 0.3 is 5.82 Å². The number of thiophene rings is 1. The van der Waals surface area contributed by atoms with E-state index in [0.29, 0.717) is 12.4 Å². The standard InChI is InChI=1S/C12H10N4O2S2/c1-8-13-5-11(16(17)18)15(8)6-9-7-20-12(14-9)10-3-2-4-19-10/h2-5,7H,6H2,1H3. The molecule has 0 aliphatic heterocycles. The summed E-state index contributed by atoms with van der Waals surface area (Å²) in [5.74, 6) is 0.607. The van der Waals surface area contributed by atoms with Gasteiger partial charge in [-0.05, 0) is 16.4 Å². The highest BCUT2D eigenvalue weighted by Crippen LogP contribution is 2.28. The number of imidazole rings is 1. The van der Waals surface area contributed by atoms with E-state index in [1.807, 2.05) is 22.9 Å². The van der Waals surface area contributed by atoms with Crippen molar-refractivity contribution in [3.8, 4) is 9.88 Å². The summed E-state index contributed by atoms with van der Waals surface area (Å²) in [5.41, 5.74) is 0.808. The molecule has 0 aliphatic rings. The lowest BCUT2D eigenvalue weighted by Gasteiger charge is -2.00. The van der Waals surface area contributed by atoms with Crippen LogP contribution < -0.4 is 0 Å². The smallest absolute Gasteiger partial charge is 0.343 e. The lowest BCUT2D eigenvalue weighted by atomic mass is 10.4. The molecule has 0 unspecified atom stereocenters. The number of hydrogen-bond donors (Lipinski definition) is 0. The van der Waals surface area contributed by atoms with Crippen LogP contribution in [0.25, 0.3) is 9.88 Å². The number of thiazole rings is 1. The Labute approximate surface area is 122 Å². The molecule has 6 nitrogen and oxygen atoms in total. The Morgan fingerprint density at radius 3 is 3.00 bits per heavy atom. The molecule has 8 heteroatoms. The third kappa shape index (κ3) is 2.35. The van der Waals surface area contributed by atoms with Gasteiger partial charge < -0.3 is 10.1 Å². The minimum absolute atomic E-state index is 0.00632. The molecule has 0 fully saturated rings. The number of nitro groups is 1. The maximum Gasteiger partial charge on any atom is 0.343 e. The Morgan fingerprint density at radius 2 is 2.30 bits per heavy atom. The van der Waals surface area contributed by atoms with Gasteiger partial charge in [0.1, 0.15) is 17.7 Å². The van der Waals surface area contributed by atoms with Gasteiger partial charge in [-0.15, -0.1) is 22.7 Å². The molecule has 0 saturated carbocycles. The summed E-state index contributed by atoms with van der Waals surface area (Å²) in [5, 5.41) is 15.8. The fraction of sp³-hybridized carbons (Fsp3) is 0.167. The van der Waals surface area contributed by atoms with Crippen molar-refractivity contribution in [2.24, 2.45) is 0 Å². The lowest BCUT2D eigenvalue weighted by molar-refractivity contribution is -0.392. The largest absolute Gasteiger partial charge is 0.358 e. The first-order valence-electron chi connectivity index (χ1n) is 5.80. The summed E-state index contributed by atoms with van der Waals surface area (Å²) in [6.45, 7) is 2.11. The van der Waals surface area contributed by atoms with Gasteiger partial charge in [-0.3, -0.25) is 0 Å². The summed E-state index contributed by atoms with van der Waals surface area (Å²) in [4.78, 5) is 20.1. The first-order chi connectivity index (χ1) is 9.65. The molecule has 3 heterocycles. The lowest BCUT2D eigenvalue weighted by Crippen LogP contribution is -2.06. The number of hydrogen-bond acceptors (Lipinski definition) is 6. The molecule has 0 amide bonds. The molecule has 102 valence electrons. The van der Waals surface area contributed by atoms with Crippen LogP contribution >= 0.6 is 22.7 Å². The first kappa shape index (κ1) is 12.9. The Bertz CT molecular complexity index is 745. The molecule has 0 spiro atoms. The summed E-state index contributed by atoms with van der Waals surface area (Å²) in [6, 6.07) is 3.99. The zero-order chi connectivity index (χ0) is 14.1. The average Bonchev–Trinajstić information content (AvgIpc) is 3.12. The highest BCUT2D eigenvalue weighted by atomic mass is 32.1. The van der Waals surface area contributed by atoms with Crippen LogP contribution in [0.3, 0.4) is 0 Å². The summed E-state index contributed by atoms with van der Waals surface area (Å²) in [7, 11) is 0. The van der Waals surface area contributed by atoms with Crippen LogP contribution in [-0.4, -0.2) is 19.5 Å². The van der Waals surface area contributed by atoms with E-state index in [0.717, 1.165) is 15.6 Å². The van der Waals surface area contributed by atoms with Crippen molar-refractivity contribution in [3.63, 3.8) is 0 Å². The molecule has 0 aromatic carbocycles. The van der Waals surface area contributed by atoms with Crippen LogP contribution in [-0.2, 0) is 6.54 Å². The maximum atomic E-state index is 10.9. The zero-order valence-electron chi connectivity index (χ0n) is 10.5. The molecule has 0 aliphatic carbocycles. The zero-order valence-corrected chi connectivity index (χ0v) is 12.1. The molecule has 0 saturated heterocycles. The minimum atomic E-state index is -0.424. The Kier molecular flexibility index (Phi) is 3.33. The van der Waals surface area contributed by atoms with Gasteiger partial charge in [-0.25, -0.2) is 14.5 Å². The molecule has 0 atom stereocenters. The third-order valence-electron chi connectivity index (χ3n) is 2.82. The van der Waals surface area contributed by atoms with Gasteiger partial charge in [-0.2, -0.15) is 0 Å². The maximum absolute atomic E-state index is 10.9. The number of nitrogens with zero attached hydrogens (tertiary/aromatic N) is 4. The van der Waals surface area contributed by atoms with E-state index in [9.17, 15) is 10.1 Å². The van der Waals surface area contributed by atoms with E-state index in [4.69, 9.17) is 0 Å². The van der Waals surface area contributed by atoms with Crippen molar-refractivity contribution in [1.29, 1.82) is 0 Å². The van der Waals surface area contributed by atoms with Gasteiger partial charge in [0, 0.05) is 12.3 Å². The highest BCUT2D eigenvalue weighted by molar-refractivity contribution is 7.20. The van der Waals surface area contributed by atoms with Gasteiger partial charge in [-0.1, -0.05) is 6.07 Å². The van der Waals surface area contributed by atoms with Crippen LogP contribution in [0.2, 0.25) is 0 Å². The second-order valence-electron chi connectivity index (χ2n) is 4.13. The van der Waals surface area contributed by atoms with Crippen LogP contribution in [0.15, 0.2) is 29.1 Å². The van der Waals surface area contributed by atoms with Crippen molar-refractivity contribution in [2.75, 3.05) is 0 Å². The van der Waals surface area contributed by atoms with Crippen molar-refractivity contribution in [3.05, 3.63) is 50.7 Å². The number of aromatic nitrogens is 3. The number of aryl methyl sites for hydroxylation is 1. The van der Waals surface area contributed by atoms with Crippen molar-refractivity contribution >= 4 is 28.5 Å². The van der Waals surface area contributed by atoms with E-state index in [1.165, 1.54) is 6.20 Å². The Morgan fingerprint density at radius 1 is 1.45 bits per heavy atom. The molecular formula is C12H10N4O2S2. The molecular weight excluding hydrogens is 296 g/mol. The monoisotopic (exact) mass is 306 g/mol. The second-order valence-corrected chi connectivity index (χ2v) is 5.93. The van der Waals surface area contributed by atoms with Gasteiger partial charge in [0.25, 0.3) is 0 Å². The molecule has 20 heavy (non-hydrogen) atoms. The fourth-order valence-corrected chi connectivity index (χ4v) is 3.48. The minimum Gasteiger partial charge on any atom is -0.358 e. The van der Waals surface area contributed by atoms with Crippen molar-refractivity contribution in [1.82, 2.24) is 14.5 Å². The SMILES string of the molecule is Cc1ncc([N+](=O)[O-])n1Cc1csc(-c2cccs2)n1. The Balaban J connectivity index is 1.89. The van der Waals surface area contributed by atoms with Crippen LogP contribution in [0.1, 0.15) is 11.5 Å². The summed E-state index contributed by atoms with van der Waals surface area (Å²) in [6.07, 6.45) is 1.28. The van der Waals surface area contributed by atoms with Crippen molar-refractivity contribution < 1.29 is 4.92 Å². The van der Waals surface area contributed by atoms with E-state index in [-0.39, 0.29) is 5.82 Å². The predicted octanol–water partition coefficient (Wildman–Crippen LogP) is 3.33. The summed E-state index contributed by atoms with van der Waals surface area (Å²) < 4.78 is 1.56. The molecule has 0 bridgehead atoms. The molecule has 3 aromatic heterocycles. The molecule has 3 rings (SSSR count). The van der Waals surface area contributed by atoms with Gasteiger partial charge in [0.05, 0.1) is 10.6 Å². The highest BCUT2D eigenvalue weighted by Gasteiger charge is 2.19. The second kappa shape index (κ2) is 5.14. The van der Waals surface area contributed by atoms with E-state index in [2.05, 4.69) is 9.97 Å². The third-order valence-corrected chi connectivity index (χ3v) is 4.76. The fourth-order valence-electron chi connectivity index (χ4n) is 1.85. The van der Waals surface area contributed by atoms with Crippen LogP contribution in [0.5, 0.6) is 0 Å². The quantitative estimate of drug-likeness (QED) is 0.547. The Hall–Kier alpha value is -2.06. The van der Waals surface area contributed by atoms with Crippen LogP contribution in [0, 0.1) is 17.0 Å². The van der Waals surface area contributed by atoms with E-state index >= 15 is 0 Å². The summed E-state index contributed by atoms with van der Waals surface area (Å²) >= 11 is 3.17. The molecule has 0 N–H and O–H groups in total. The topological polar surface area (TPSA) is 73.8 Å². The first-order valence-corrected chi connectivity index (χ1v) is 7.56. The van der Waals surface area contributed by atoms with E-state index in [1.54, 1.807) is 34.2 Å². The average molecular weight is 306 g/mol. The van der Waals surface area contributed by atoms with Gasteiger partial charge in [0.15, 0.2) is 5.82 Å². The van der Waals surface area contributed by atoms with Crippen LogP contribution in [0.4, 0.5) is 5.82 Å². The predicted molar refractivity (Wildman–Crippen MR) is 78.1 cm³/mol. The van der Waals surface area contributed by atoms with E-state index < -0.39 is 4.92 Å². The molecule has 3 aromatic rings. The van der Waals surface area contributed by atoms with Crippen molar-refractivity contribution in [2.45, 2.75) is 13.5 Å². The van der Waals surface area contributed by atoms with Gasteiger partial charge in [0.2, 0.25) is 0 Å².